The predicted molar refractivity (Wildman–Crippen MR) is 103 cm³/mol. The zero-order chi connectivity index (χ0) is 17.9. The molecular weight excluding hydrogens is 346 g/mol. The number of rotatable bonds is 6. The van der Waals surface area contributed by atoms with Gasteiger partial charge in [-0.1, -0.05) is 6.07 Å². The molecule has 1 amide bonds. The number of thiophene rings is 1. The van der Waals surface area contributed by atoms with Gasteiger partial charge < -0.3 is 9.88 Å². The number of carbonyl (C=O) groups is 1. The van der Waals surface area contributed by atoms with Gasteiger partial charge in [-0.05, 0) is 42.6 Å². The molecule has 0 fully saturated rings. The highest BCUT2D eigenvalue weighted by Crippen LogP contribution is 2.30. The van der Waals surface area contributed by atoms with Gasteiger partial charge in [-0.25, -0.2) is 4.98 Å². The lowest BCUT2D eigenvalue weighted by atomic mass is 10.3. The molecular formula is C19H19N5OS. The Kier molecular flexibility index (Phi) is 4.53. The highest BCUT2D eigenvalue weighted by Gasteiger charge is 2.15. The van der Waals surface area contributed by atoms with Gasteiger partial charge in [0.1, 0.15) is 12.2 Å². The van der Waals surface area contributed by atoms with Crippen molar-refractivity contribution in [2.75, 3.05) is 6.54 Å². The first kappa shape index (κ1) is 16.5. The van der Waals surface area contributed by atoms with E-state index in [2.05, 4.69) is 27.5 Å². The maximum atomic E-state index is 12.5. The average molecular weight is 365 g/mol. The normalized spacial score (nSPS) is 11.1. The molecule has 7 heteroatoms. The number of carbonyl (C=O) groups excluding carboxylic acids is 1. The molecule has 0 aliphatic rings. The van der Waals surface area contributed by atoms with Crippen LogP contribution in [0.15, 0.2) is 54.2 Å². The fraction of sp³-hybridized carbons (Fsp3) is 0.211. The average Bonchev–Trinajstić information content (AvgIpc) is 3.36. The van der Waals surface area contributed by atoms with E-state index < -0.39 is 0 Å². The molecule has 0 atom stereocenters. The van der Waals surface area contributed by atoms with E-state index in [1.807, 2.05) is 45.8 Å². The number of hydrogen-bond acceptors (Lipinski definition) is 4. The maximum absolute atomic E-state index is 12.5. The first-order valence-electron chi connectivity index (χ1n) is 8.45. The van der Waals surface area contributed by atoms with Crippen LogP contribution in [-0.4, -0.2) is 31.8 Å². The Morgan fingerprint density at radius 2 is 2.15 bits per heavy atom. The number of hydrogen-bond donors (Lipinski definition) is 1. The third-order valence-corrected chi connectivity index (χ3v) is 5.20. The lowest BCUT2D eigenvalue weighted by molar-refractivity contribution is -0.121. The molecule has 4 rings (SSSR count). The monoisotopic (exact) mass is 365 g/mol. The molecule has 4 aromatic rings. The number of aromatic nitrogens is 4. The van der Waals surface area contributed by atoms with Crippen LogP contribution < -0.4 is 5.32 Å². The second-order valence-electron chi connectivity index (χ2n) is 6.05. The second-order valence-corrected chi connectivity index (χ2v) is 7.00. The number of pyridine rings is 1. The number of fused-ring (bicyclic) bond motifs is 1. The van der Waals surface area contributed by atoms with Gasteiger partial charge in [0, 0.05) is 30.0 Å². The van der Waals surface area contributed by atoms with Crippen LogP contribution in [0.2, 0.25) is 0 Å². The Labute approximate surface area is 155 Å². The van der Waals surface area contributed by atoms with E-state index in [9.17, 15) is 4.79 Å². The fourth-order valence-corrected chi connectivity index (χ4v) is 3.76. The van der Waals surface area contributed by atoms with Crippen LogP contribution >= 0.6 is 11.3 Å². The second kappa shape index (κ2) is 7.13. The molecule has 0 aromatic carbocycles. The molecule has 0 aliphatic heterocycles. The molecule has 0 saturated heterocycles. The number of nitrogens with zero attached hydrogens (tertiary/aromatic N) is 4. The van der Waals surface area contributed by atoms with Crippen molar-refractivity contribution in [1.29, 1.82) is 0 Å². The predicted octanol–water partition coefficient (Wildman–Crippen LogP) is 3.09. The Morgan fingerprint density at radius 3 is 2.92 bits per heavy atom. The summed E-state index contributed by atoms with van der Waals surface area (Å²) in [7, 11) is 0. The molecule has 1 N–H and O–H groups in total. The van der Waals surface area contributed by atoms with Crippen LogP contribution in [0.3, 0.4) is 0 Å². The van der Waals surface area contributed by atoms with Crippen molar-refractivity contribution >= 4 is 28.3 Å². The van der Waals surface area contributed by atoms with Gasteiger partial charge in [-0.2, -0.15) is 5.10 Å². The first-order valence-corrected chi connectivity index (χ1v) is 9.33. The molecule has 4 heterocycles. The minimum Gasteiger partial charge on any atom is -0.353 e. The van der Waals surface area contributed by atoms with Gasteiger partial charge in [0.15, 0.2) is 0 Å². The van der Waals surface area contributed by atoms with Gasteiger partial charge in [-0.15, -0.1) is 11.3 Å². The van der Waals surface area contributed by atoms with Crippen LogP contribution in [0.4, 0.5) is 0 Å². The lowest BCUT2D eigenvalue weighted by Crippen LogP contribution is -2.31. The first-order chi connectivity index (χ1) is 12.7. The Hall–Kier alpha value is -2.93. The van der Waals surface area contributed by atoms with E-state index in [1.165, 1.54) is 0 Å². The third kappa shape index (κ3) is 3.25. The highest BCUT2D eigenvalue weighted by atomic mass is 32.1. The molecule has 0 unspecified atom stereocenters. The Morgan fingerprint density at radius 1 is 1.23 bits per heavy atom. The van der Waals surface area contributed by atoms with Gasteiger partial charge in [0.05, 0.1) is 17.1 Å². The Bertz CT molecular complexity index is 1030. The summed E-state index contributed by atoms with van der Waals surface area (Å²) in [5, 5.41) is 10.3. The molecule has 0 radical (unpaired) electrons. The van der Waals surface area contributed by atoms with E-state index in [1.54, 1.807) is 23.7 Å². The van der Waals surface area contributed by atoms with Gasteiger partial charge in [0.2, 0.25) is 5.91 Å². The number of amides is 1. The van der Waals surface area contributed by atoms with Crippen LogP contribution in [0.25, 0.3) is 21.6 Å². The quantitative estimate of drug-likeness (QED) is 0.571. The van der Waals surface area contributed by atoms with Crippen molar-refractivity contribution in [2.24, 2.45) is 0 Å². The molecule has 4 aromatic heterocycles. The van der Waals surface area contributed by atoms with Crippen molar-refractivity contribution < 1.29 is 4.79 Å². The van der Waals surface area contributed by atoms with Crippen LogP contribution in [0.5, 0.6) is 0 Å². The summed E-state index contributed by atoms with van der Waals surface area (Å²) in [6.45, 7) is 3.45. The Balaban J connectivity index is 1.51. The largest absolute Gasteiger partial charge is 0.353 e. The summed E-state index contributed by atoms with van der Waals surface area (Å²) in [4.78, 5) is 18.1. The van der Waals surface area contributed by atoms with Gasteiger partial charge >= 0.3 is 0 Å². The maximum Gasteiger partial charge on any atom is 0.240 e. The summed E-state index contributed by atoms with van der Waals surface area (Å²) < 4.78 is 3.86. The zero-order valence-electron chi connectivity index (χ0n) is 14.4. The van der Waals surface area contributed by atoms with E-state index in [0.717, 1.165) is 27.3 Å². The zero-order valence-corrected chi connectivity index (χ0v) is 15.2. The molecule has 26 heavy (non-hydrogen) atoms. The molecule has 0 bridgehead atoms. The minimum atomic E-state index is -0.0317. The van der Waals surface area contributed by atoms with E-state index in [-0.39, 0.29) is 12.5 Å². The van der Waals surface area contributed by atoms with E-state index in [4.69, 9.17) is 0 Å². The van der Waals surface area contributed by atoms with Crippen molar-refractivity contribution in [3.05, 3.63) is 59.9 Å². The molecule has 6 nitrogen and oxygen atoms in total. The van der Waals surface area contributed by atoms with Crippen molar-refractivity contribution in [3.63, 3.8) is 0 Å². The topological polar surface area (TPSA) is 64.7 Å². The van der Waals surface area contributed by atoms with Gasteiger partial charge in [0.25, 0.3) is 0 Å². The van der Waals surface area contributed by atoms with Crippen molar-refractivity contribution in [2.45, 2.75) is 20.0 Å². The molecule has 0 spiro atoms. The summed E-state index contributed by atoms with van der Waals surface area (Å²) in [5.41, 5.74) is 2.93. The van der Waals surface area contributed by atoms with Crippen LogP contribution in [0.1, 0.15) is 5.69 Å². The van der Waals surface area contributed by atoms with E-state index in [0.29, 0.717) is 13.1 Å². The van der Waals surface area contributed by atoms with Crippen molar-refractivity contribution in [1.82, 2.24) is 24.6 Å². The van der Waals surface area contributed by atoms with Crippen molar-refractivity contribution in [3.8, 4) is 10.6 Å². The fourth-order valence-electron chi connectivity index (χ4n) is 3.01. The minimum absolute atomic E-state index is 0.0317. The number of nitrogens with one attached hydrogen (secondary N) is 1. The molecule has 0 aliphatic carbocycles. The van der Waals surface area contributed by atoms with Crippen LogP contribution in [0, 0.1) is 6.92 Å². The summed E-state index contributed by atoms with van der Waals surface area (Å²) in [5.74, 6) is -0.0317. The smallest absolute Gasteiger partial charge is 0.240 e. The third-order valence-electron chi connectivity index (χ3n) is 4.31. The standard InChI is InChI=1S/C19H19N5OS/c1-14-6-8-22-24(14)10-9-20-18(25)13-23-16(17-5-3-11-26-17)12-15-4-2-7-21-19(15)23/h2-8,11-12H,9-10,13H2,1H3,(H,20,25). The summed E-state index contributed by atoms with van der Waals surface area (Å²) in [6.07, 6.45) is 3.53. The summed E-state index contributed by atoms with van der Waals surface area (Å²) in [6, 6.07) is 12.1. The number of aryl methyl sites for hydroxylation is 1. The molecule has 0 saturated carbocycles. The molecule has 132 valence electrons. The van der Waals surface area contributed by atoms with E-state index >= 15 is 0 Å². The van der Waals surface area contributed by atoms with Gasteiger partial charge in [-0.3, -0.25) is 9.48 Å². The highest BCUT2D eigenvalue weighted by molar-refractivity contribution is 7.13. The summed E-state index contributed by atoms with van der Waals surface area (Å²) >= 11 is 1.66. The van der Waals surface area contributed by atoms with Crippen LogP contribution in [-0.2, 0) is 17.9 Å². The lowest BCUT2D eigenvalue weighted by Gasteiger charge is -2.10. The SMILES string of the molecule is Cc1ccnn1CCNC(=O)Cn1c(-c2cccs2)cc2cccnc21.